The molecule has 5 heteroatoms. The van der Waals surface area contributed by atoms with E-state index >= 15 is 0 Å². The zero-order chi connectivity index (χ0) is 14.1. The minimum atomic E-state index is -0.353. The van der Waals surface area contributed by atoms with Gasteiger partial charge in [0.2, 0.25) is 0 Å². The van der Waals surface area contributed by atoms with Gasteiger partial charge in [-0.1, -0.05) is 0 Å². The van der Waals surface area contributed by atoms with E-state index in [9.17, 15) is 9.18 Å². The summed E-state index contributed by atoms with van der Waals surface area (Å²) in [6.07, 6.45) is 0.787. The molecular formula is C15H16FN3O. The summed E-state index contributed by atoms with van der Waals surface area (Å²) >= 11 is 0. The Morgan fingerprint density at radius 1 is 1.50 bits per heavy atom. The highest BCUT2D eigenvalue weighted by Crippen LogP contribution is 2.26. The molecule has 0 saturated carbocycles. The molecule has 0 unspecified atom stereocenters. The van der Waals surface area contributed by atoms with Crippen LogP contribution in [0, 0.1) is 5.82 Å². The van der Waals surface area contributed by atoms with Crippen LogP contribution >= 0.6 is 0 Å². The largest absolute Gasteiger partial charge is 0.352 e. The smallest absolute Gasteiger partial charge is 0.252 e. The van der Waals surface area contributed by atoms with Gasteiger partial charge in [0.1, 0.15) is 5.82 Å². The number of carbonyl (C=O) groups is 1. The van der Waals surface area contributed by atoms with E-state index in [1.807, 2.05) is 6.92 Å². The van der Waals surface area contributed by atoms with Crippen LogP contribution in [-0.2, 0) is 13.0 Å². The van der Waals surface area contributed by atoms with Gasteiger partial charge in [-0.15, -0.1) is 0 Å². The fourth-order valence-corrected chi connectivity index (χ4v) is 2.65. The molecule has 3 rings (SSSR count). The third kappa shape index (κ3) is 2.14. The van der Waals surface area contributed by atoms with Crippen LogP contribution in [0.25, 0.3) is 10.9 Å². The van der Waals surface area contributed by atoms with Gasteiger partial charge in [0.15, 0.2) is 0 Å². The summed E-state index contributed by atoms with van der Waals surface area (Å²) in [6.45, 7) is 3.86. The van der Waals surface area contributed by atoms with Crippen LogP contribution in [0.5, 0.6) is 0 Å². The lowest BCUT2D eigenvalue weighted by atomic mass is 9.96. The van der Waals surface area contributed by atoms with Crippen LogP contribution < -0.4 is 10.6 Å². The summed E-state index contributed by atoms with van der Waals surface area (Å²) in [5.74, 6) is -0.515. The van der Waals surface area contributed by atoms with Crippen molar-refractivity contribution in [2.45, 2.75) is 19.9 Å². The number of carbonyl (C=O) groups excluding carboxylic acids is 1. The molecule has 1 amide bonds. The third-order valence-electron chi connectivity index (χ3n) is 3.54. The lowest BCUT2D eigenvalue weighted by molar-refractivity contribution is 0.0956. The maximum absolute atomic E-state index is 13.5. The average Bonchev–Trinajstić information content (AvgIpc) is 2.45. The van der Waals surface area contributed by atoms with Crippen LogP contribution in [0.15, 0.2) is 18.2 Å². The van der Waals surface area contributed by atoms with E-state index in [4.69, 9.17) is 0 Å². The molecule has 0 spiro atoms. The van der Waals surface area contributed by atoms with Gasteiger partial charge in [-0.2, -0.15) is 0 Å². The first-order chi connectivity index (χ1) is 9.70. The number of nitrogens with zero attached hydrogens (tertiary/aromatic N) is 1. The van der Waals surface area contributed by atoms with Crippen molar-refractivity contribution in [1.29, 1.82) is 0 Å². The molecule has 1 aliphatic rings. The first kappa shape index (κ1) is 13.0. The van der Waals surface area contributed by atoms with Crippen LogP contribution in [-0.4, -0.2) is 24.0 Å². The normalized spacial score (nSPS) is 14.1. The van der Waals surface area contributed by atoms with Crippen molar-refractivity contribution in [3.63, 3.8) is 0 Å². The summed E-state index contributed by atoms with van der Waals surface area (Å²) in [5, 5.41) is 6.63. The maximum atomic E-state index is 13.5. The predicted molar refractivity (Wildman–Crippen MR) is 75.1 cm³/mol. The second-order valence-corrected chi connectivity index (χ2v) is 4.86. The zero-order valence-electron chi connectivity index (χ0n) is 11.3. The van der Waals surface area contributed by atoms with Gasteiger partial charge >= 0.3 is 0 Å². The minimum absolute atomic E-state index is 0.162. The van der Waals surface area contributed by atoms with Crippen LogP contribution in [0.4, 0.5) is 4.39 Å². The lowest BCUT2D eigenvalue weighted by Gasteiger charge is -2.21. The highest BCUT2D eigenvalue weighted by atomic mass is 19.1. The Labute approximate surface area is 116 Å². The summed E-state index contributed by atoms with van der Waals surface area (Å²) in [4.78, 5) is 16.9. The standard InChI is InChI=1S/C15H16FN3O/c1-2-18-15(20)14-10-7-9(16)3-4-12(10)19-13-5-6-17-8-11(13)14/h3-4,7,17H,2,5-6,8H2,1H3,(H,18,20). The van der Waals surface area contributed by atoms with Crippen molar-refractivity contribution < 1.29 is 9.18 Å². The minimum Gasteiger partial charge on any atom is -0.352 e. The Morgan fingerprint density at radius 3 is 3.15 bits per heavy atom. The molecule has 4 nitrogen and oxygen atoms in total. The van der Waals surface area contributed by atoms with Crippen molar-refractivity contribution in [2.75, 3.05) is 13.1 Å². The van der Waals surface area contributed by atoms with Crippen molar-refractivity contribution in [1.82, 2.24) is 15.6 Å². The van der Waals surface area contributed by atoms with Gasteiger partial charge in [0, 0.05) is 42.7 Å². The number of halogens is 1. The Morgan fingerprint density at radius 2 is 2.35 bits per heavy atom. The molecule has 1 aliphatic heterocycles. The number of benzene rings is 1. The van der Waals surface area contributed by atoms with Crippen LogP contribution in [0.3, 0.4) is 0 Å². The number of nitrogens with one attached hydrogen (secondary N) is 2. The van der Waals surface area contributed by atoms with Crippen molar-refractivity contribution >= 4 is 16.8 Å². The zero-order valence-corrected chi connectivity index (χ0v) is 11.3. The van der Waals surface area contributed by atoms with Gasteiger partial charge < -0.3 is 10.6 Å². The second kappa shape index (κ2) is 5.17. The predicted octanol–water partition coefficient (Wildman–Crippen LogP) is 1.77. The van der Waals surface area contributed by atoms with E-state index < -0.39 is 0 Å². The SMILES string of the molecule is CCNC(=O)c1c2c(nc3ccc(F)cc13)CCNC2. The van der Waals surface area contributed by atoms with Gasteiger partial charge in [-0.05, 0) is 25.1 Å². The van der Waals surface area contributed by atoms with Crippen LogP contribution in [0.2, 0.25) is 0 Å². The quantitative estimate of drug-likeness (QED) is 0.877. The summed E-state index contributed by atoms with van der Waals surface area (Å²) < 4.78 is 13.5. The van der Waals surface area contributed by atoms with E-state index in [0.29, 0.717) is 29.6 Å². The number of rotatable bonds is 2. The van der Waals surface area contributed by atoms with Crippen molar-refractivity contribution in [3.05, 3.63) is 40.8 Å². The monoisotopic (exact) mass is 273 g/mol. The van der Waals surface area contributed by atoms with E-state index in [2.05, 4.69) is 15.6 Å². The molecular weight excluding hydrogens is 257 g/mol. The Kier molecular flexibility index (Phi) is 3.36. The van der Waals surface area contributed by atoms with Crippen LogP contribution in [0.1, 0.15) is 28.5 Å². The molecule has 104 valence electrons. The highest BCUT2D eigenvalue weighted by molar-refractivity contribution is 6.07. The molecule has 0 saturated heterocycles. The number of pyridine rings is 1. The summed E-state index contributed by atoms with van der Waals surface area (Å²) in [6, 6.07) is 4.40. The molecule has 2 aromatic rings. The summed E-state index contributed by atoms with van der Waals surface area (Å²) in [7, 11) is 0. The van der Waals surface area contributed by atoms with Gasteiger partial charge in [0.05, 0.1) is 11.1 Å². The number of hydrogen-bond donors (Lipinski definition) is 2. The van der Waals surface area contributed by atoms with Gasteiger partial charge in [-0.25, -0.2) is 4.39 Å². The number of fused-ring (bicyclic) bond motifs is 2. The van der Waals surface area contributed by atoms with Crippen molar-refractivity contribution in [3.8, 4) is 0 Å². The van der Waals surface area contributed by atoms with E-state index in [-0.39, 0.29) is 11.7 Å². The fourth-order valence-electron chi connectivity index (χ4n) is 2.65. The molecule has 1 aromatic carbocycles. The van der Waals surface area contributed by atoms with E-state index in [1.54, 1.807) is 6.07 Å². The second-order valence-electron chi connectivity index (χ2n) is 4.86. The van der Waals surface area contributed by atoms with E-state index in [1.165, 1.54) is 12.1 Å². The van der Waals surface area contributed by atoms with Gasteiger partial charge in [-0.3, -0.25) is 9.78 Å². The lowest BCUT2D eigenvalue weighted by Crippen LogP contribution is -2.30. The molecule has 2 N–H and O–H groups in total. The first-order valence-corrected chi connectivity index (χ1v) is 6.80. The molecule has 1 aromatic heterocycles. The van der Waals surface area contributed by atoms with E-state index in [0.717, 1.165) is 24.2 Å². The molecule has 2 heterocycles. The Hall–Kier alpha value is -2.01. The Bertz CT molecular complexity index is 684. The number of amides is 1. The molecule has 0 bridgehead atoms. The summed E-state index contributed by atoms with van der Waals surface area (Å²) in [5.41, 5.74) is 3.05. The Balaban J connectivity index is 2.30. The first-order valence-electron chi connectivity index (χ1n) is 6.80. The topological polar surface area (TPSA) is 54.0 Å². The molecule has 0 aliphatic carbocycles. The molecule has 20 heavy (non-hydrogen) atoms. The maximum Gasteiger partial charge on any atom is 0.252 e. The molecule has 0 fully saturated rings. The molecule has 0 atom stereocenters. The third-order valence-corrected chi connectivity index (χ3v) is 3.54. The number of hydrogen-bond acceptors (Lipinski definition) is 3. The van der Waals surface area contributed by atoms with Gasteiger partial charge in [0.25, 0.3) is 5.91 Å². The number of aromatic nitrogens is 1. The average molecular weight is 273 g/mol. The van der Waals surface area contributed by atoms with Crippen molar-refractivity contribution in [2.24, 2.45) is 0 Å². The highest BCUT2D eigenvalue weighted by Gasteiger charge is 2.22. The molecule has 0 radical (unpaired) electrons. The fraction of sp³-hybridized carbons (Fsp3) is 0.333.